The van der Waals surface area contributed by atoms with Gasteiger partial charge in [-0.3, -0.25) is 0 Å². The van der Waals surface area contributed by atoms with Crippen LogP contribution >= 0.6 is 0 Å². The average Bonchev–Trinajstić information content (AvgIpc) is 3.12. The van der Waals surface area contributed by atoms with Crippen LogP contribution in [-0.4, -0.2) is 78.3 Å². The Bertz CT molecular complexity index is 1630. The Balaban J connectivity index is 1.77. The quantitative estimate of drug-likeness (QED) is 0.107. The van der Waals surface area contributed by atoms with Gasteiger partial charge in [0.15, 0.2) is 0 Å². The van der Waals surface area contributed by atoms with Gasteiger partial charge in [0.05, 0.1) is 25.3 Å². The van der Waals surface area contributed by atoms with Gasteiger partial charge in [-0.25, -0.2) is 4.79 Å². The number of aliphatic hydroxyl groups is 2. The van der Waals surface area contributed by atoms with E-state index in [0.717, 1.165) is 53.8 Å². The van der Waals surface area contributed by atoms with Crippen molar-refractivity contribution in [3.63, 3.8) is 0 Å². The minimum Gasteiger partial charge on any atom is -0.459 e. The van der Waals surface area contributed by atoms with Gasteiger partial charge in [0, 0.05) is 38.2 Å². The normalized spacial score (nSPS) is 25.7. The monoisotopic (exact) mass is 718 g/mol. The molecule has 10 heteroatoms. The maximum atomic E-state index is 13.3. The number of likely N-dealkylation sites (N-methyl/N-ethyl adjacent to an activating group) is 1. The Morgan fingerprint density at radius 2 is 1.73 bits per heavy atom. The molecule has 0 radical (unpaired) electrons. The molecule has 2 aromatic rings. The van der Waals surface area contributed by atoms with E-state index in [9.17, 15) is 15.0 Å². The van der Waals surface area contributed by atoms with Crippen molar-refractivity contribution in [3.05, 3.63) is 77.4 Å². The maximum absolute atomic E-state index is 13.3. The molecular formula is C42H58N2O8. The number of nitrogens with zero attached hydrogens (tertiary/aromatic N) is 2. The number of hydrogen-bond acceptors (Lipinski definition) is 9. The van der Waals surface area contributed by atoms with Gasteiger partial charge in [-0.05, 0) is 119 Å². The number of carbonyl (C=O) groups excluding carboxylic acids is 1. The summed E-state index contributed by atoms with van der Waals surface area (Å²) in [5.41, 5.74) is 4.49. The first kappa shape index (κ1) is 39.3. The van der Waals surface area contributed by atoms with E-state index in [1.165, 1.54) is 12.7 Å². The Morgan fingerprint density at radius 3 is 2.38 bits per heavy atom. The van der Waals surface area contributed by atoms with Crippen LogP contribution in [-0.2, 0) is 14.3 Å². The average molecular weight is 719 g/mol. The predicted octanol–water partition coefficient (Wildman–Crippen LogP) is 8.23. The van der Waals surface area contributed by atoms with Gasteiger partial charge in [-0.1, -0.05) is 36.2 Å². The summed E-state index contributed by atoms with van der Waals surface area (Å²) in [6.45, 7) is 14.4. The zero-order chi connectivity index (χ0) is 37.6. The number of benzene rings is 2. The molecule has 5 rings (SSSR count). The Kier molecular flexibility index (Phi) is 12.8. The fourth-order valence-corrected chi connectivity index (χ4v) is 8.17. The van der Waals surface area contributed by atoms with Crippen LogP contribution in [0.3, 0.4) is 0 Å². The van der Waals surface area contributed by atoms with Crippen molar-refractivity contribution in [1.82, 2.24) is 4.90 Å². The first-order chi connectivity index (χ1) is 24.9. The van der Waals surface area contributed by atoms with Gasteiger partial charge in [-0.15, -0.1) is 6.58 Å². The van der Waals surface area contributed by atoms with Gasteiger partial charge in [0.1, 0.15) is 28.9 Å². The summed E-state index contributed by atoms with van der Waals surface area (Å²) in [6, 6.07) is 11.4. The summed E-state index contributed by atoms with van der Waals surface area (Å²) in [5, 5.41) is 24.4. The second-order valence-electron chi connectivity index (χ2n) is 15.4. The third-order valence-corrected chi connectivity index (χ3v) is 10.7. The van der Waals surface area contributed by atoms with Crippen molar-refractivity contribution in [2.45, 2.75) is 103 Å². The van der Waals surface area contributed by atoms with Crippen LogP contribution in [0, 0.1) is 31.6 Å². The van der Waals surface area contributed by atoms with Gasteiger partial charge in [0.25, 0.3) is 0 Å². The van der Waals surface area contributed by atoms with Crippen LogP contribution in [0.1, 0.15) is 88.3 Å². The molecule has 1 saturated carbocycles. The number of fused-ring (bicyclic) bond motifs is 2. The number of hydrogen-bond donors (Lipinski definition) is 2. The molecule has 2 N–H and O–H groups in total. The standard InChI is InChI=1S/C42H58N2O8/c1-9-22-49-42-37(44(7)40(47)48-8)26-35(43-52-41(4,5)6)33-24-29(14-10-12-20-45)32(15-11-13-21-46)38(39(33)42)34-25-31(18-19-36(34)51-42)50-30-17-16-27(2)28(3)23-30/h9,16-19,23-25,29,32,37-39,45-46H,1,10-15,20-22,26H2,2-8H3. The third kappa shape index (κ3) is 8.35. The number of allylic oxidation sites excluding steroid dienone is 1. The topological polar surface area (TPSA) is 119 Å². The minimum atomic E-state index is -1.33. The molecule has 6 unspecified atom stereocenters. The summed E-state index contributed by atoms with van der Waals surface area (Å²) in [7, 11) is 3.08. The van der Waals surface area contributed by atoms with Gasteiger partial charge in [0.2, 0.25) is 5.79 Å². The van der Waals surface area contributed by atoms with Crippen molar-refractivity contribution < 1.29 is 38.8 Å². The van der Waals surface area contributed by atoms with E-state index in [2.05, 4.69) is 38.6 Å². The number of rotatable bonds is 15. The number of unbranched alkanes of at least 4 members (excludes halogenated alkanes) is 2. The summed E-state index contributed by atoms with van der Waals surface area (Å²) in [6.07, 6.45) is 8.61. The molecule has 1 fully saturated rings. The van der Waals surface area contributed by atoms with E-state index in [0.29, 0.717) is 30.8 Å². The number of aryl methyl sites for hydroxylation is 2. The zero-order valence-electron chi connectivity index (χ0n) is 32.0. The largest absolute Gasteiger partial charge is 0.459 e. The van der Waals surface area contributed by atoms with E-state index >= 15 is 0 Å². The van der Waals surface area contributed by atoms with Crippen LogP contribution in [0.25, 0.3) is 0 Å². The second-order valence-corrected chi connectivity index (χ2v) is 15.4. The van der Waals surface area contributed by atoms with Gasteiger partial charge in [-0.2, -0.15) is 0 Å². The number of oxime groups is 1. The van der Waals surface area contributed by atoms with E-state index in [-0.39, 0.29) is 37.6 Å². The molecule has 10 nitrogen and oxygen atoms in total. The fraction of sp³-hybridized carbons (Fsp3) is 0.571. The highest BCUT2D eigenvalue weighted by Crippen LogP contribution is 2.62. The van der Waals surface area contributed by atoms with Crippen LogP contribution in [0.15, 0.2) is 65.9 Å². The molecule has 1 amide bonds. The molecule has 0 spiro atoms. The summed E-state index contributed by atoms with van der Waals surface area (Å²) < 4.78 is 25.8. The SMILES string of the molecule is C=CCOC12Oc3ccc(Oc4ccc(C)c(C)c4)cc3C3C(CCCCO)C(CCCCO)C=C(C(=NOC(C)(C)C)CC1N(C)C(=O)OC)C32. The Labute approximate surface area is 309 Å². The molecule has 0 aromatic heterocycles. The minimum absolute atomic E-state index is 0.109. The van der Waals surface area contributed by atoms with E-state index in [1.54, 1.807) is 18.0 Å². The molecule has 1 heterocycles. The number of methoxy groups -OCH3 is 1. The summed E-state index contributed by atoms with van der Waals surface area (Å²) in [4.78, 5) is 21.0. The Hall–Kier alpha value is -3.86. The molecule has 2 aromatic carbocycles. The lowest BCUT2D eigenvalue weighted by Gasteiger charge is -2.59. The van der Waals surface area contributed by atoms with E-state index in [1.807, 2.05) is 45.0 Å². The van der Waals surface area contributed by atoms with Crippen LogP contribution < -0.4 is 9.47 Å². The van der Waals surface area contributed by atoms with Crippen LogP contribution in [0.4, 0.5) is 4.79 Å². The van der Waals surface area contributed by atoms with Crippen molar-refractivity contribution in [2.75, 3.05) is 34.0 Å². The highest BCUT2D eigenvalue weighted by molar-refractivity contribution is 6.03. The van der Waals surface area contributed by atoms with E-state index in [4.69, 9.17) is 28.9 Å². The number of ether oxygens (including phenoxy) is 4. The van der Waals surface area contributed by atoms with Crippen LogP contribution in [0.5, 0.6) is 17.2 Å². The van der Waals surface area contributed by atoms with Crippen molar-refractivity contribution in [2.24, 2.45) is 22.9 Å². The highest BCUT2D eigenvalue weighted by Gasteiger charge is 2.65. The van der Waals surface area contributed by atoms with Crippen LogP contribution in [0.2, 0.25) is 0 Å². The molecule has 0 saturated heterocycles. The molecule has 284 valence electrons. The maximum Gasteiger partial charge on any atom is 0.409 e. The highest BCUT2D eigenvalue weighted by atomic mass is 16.7. The number of aliphatic hydroxyl groups excluding tert-OH is 2. The zero-order valence-corrected chi connectivity index (χ0v) is 32.0. The predicted molar refractivity (Wildman–Crippen MR) is 202 cm³/mol. The third-order valence-electron chi connectivity index (χ3n) is 10.7. The summed E-state index contributed by atoms with van der Waals surface area (Å²) >= 11 is 0. The van der Waals surface area contributed by atoms with Crippen molar-refractivity contribution in [1.29, 1.82) is 0 Å². The molecule has 0 bridgehead atoms. The van der Waals surface area contributed by atoms with E-state index < -0.39 is 29.4 Å². The summed E-state index contributed by atoms with van der Waals surface area (Å²) in [5.74, 6) is 0.456. The molecule has 2 aliphatic carbocycles. The molecule has 6 atom stereocenters. The molecule has 1 aliphatic heterocycles. The lowest BCUT2D eigenvalue weighted by Crippen LogP contribution is -2.69. The molecular weight excluding hydrogens is 660 g/mol. The molecule has 52 heavy (non-hydrogen) atoms. The van der Waals surface area contributed by atoms with Gasteiger partial charge >= 0.3 is 6.09 Å². The smallest absolute Gasteiger partial charge is 0.409 e. The lowest BCUT2D eigenvalue weighted by molar-refractivity contribution is -0.253. The van der Waals surface area contributed by atoms with Crippen molar-refractivity contribution in [3.8, 4) is 17.2 Å². The van der Waals surface area contributed by atoms with Crippen molar-refractivity contribution >= 4 is 11.8 Å². The first-order valence-corrected chi connectivity index (χ1v) is 18.7. The number of carbonyl (C=O) groups is 1. The molecule has 3 aliphatic rings. The Morgan fingerprint density at radius 1 is 1.04 bits per heavy atom. The number of amides is 1. The van der Waals surface area contributed by atoms with Gasteiger partial charge < -0.3 is 38.9 Å². The second kappa shape index (κ2) is 16.9. The first-order valence-electron chi connectivity index (χ1n) is 18.7. The lowest BCUT2D eigenvalue weighted by atomic mass is 9.55. The fourth-order valence-electron chi connectivity index (χ4n) is 8.17.